The van der Waals surface area contributed by atoms with Gasteiger partial charge in [-0.1, -0.05) is 32.9 Å². The number of hydrogen-bond acceptors (Lipinski definition) is 3. The maximum atomic E-state index is 12.4. The summed E-state index contributed by atoms with van der Waals surface area (Å²) >= 11 is 0. The summed E-state index contributed by atoms with van der Waals surface area (Å²) in [4.78, 5) is 27.6. The molecule has 150 valence electrons. The highest BCUT2D eigenvalue weighted by atomic mass is 16.4. The van der Waals surface area contributed by atoms with E-state index in [2.05, 4.69) is 44.8 Å². The number of rotatable bonds is 5. The van der Waals surface area contributed by atoms with Crippen molar-refractivity contribution in [2.75, 3.05) is 26.2 Å². The zero-order valence-corrected chi connectivity index (χ0v) is 17.2. The lowest BCUT2D eigenvalue weighted by Gasteiger charge is -2.46. The zero-order valence-electron chi connectivity index (χ0n) is 17.2. The van der Waals surface area contributed by atoms with Gasteiger partial charge in [-0.05, 0) is 43.4 Å². The van der Waals surface area contributed by atoms with Gasteiger partial charge in [0.15, 0.2) is 0 Å². The zero-order chi connectivity index (χ0) is 20.2. The first-order chi connectivity index (χ1) is 12.5. The Balaban J connectivity index is 1.81. The van der Waals surface area contributed by atoms with Crippen LogP contribution in [0.1, 0.15) is 57.0 Å². The molecule has 6 heteroatoms. The number of carbonyl (C=O) groups is 2. The number of hydrogen-bond donors (Lipinski definition) is 2. The molecule has 0 saturated carbocycles. The van der Waals surface area contributed by atoms with Crippen molar-refractivity contribution in [3.63, 3.8) is 0 Å². The van der Waals surface area contributed by atoms with Crippen LogP contribution in [-0.4, -0.2) is 58.6 Å². The summed E-state index contributed by atoms with van der Waals surface area (Å²) in [5, 5.41) is 11.9. The average molecular weight is 376 g/mol. The van der Waals surface area contributed by atoms with E-state index in [1.165, 1.54) is 0 Å². The van der Waals surface area contributed by atoms with E-state index in [0.717, 1.165) is 38.2 Å². The molecule has 1 saturated heterocycles. The van der Waals surface area contributed by atoms with Crippen molar-refractivity contribution in [1.29, 1.82) is 0 Å². The average Bonchev–Trinajstić information content (AvgIpc) is 2.58. The van der Waals surface area contributed by atoms with Crippen molar-refractivity contribution < 1.29 is 14.7 Å². The first kappa shape index (κ1) is 21.2. The summed E-state index contributed by atoms with van der Waals surface area (Å²) < 4.78 is 0. The Kier molecular flexibility index (Phi) is 6.52. The molecule has 2 N–H and O–H groups in total. The minimum atomic E-state index is -0.946. The van der Waals surface area contributed by atoms with Crippen LogP contribution in [0.15, 0.2) is 24.3 Å². The Morgan fingerprint density at radius 1 is 1.00 bits per heavy atom. The van der Waals surface area contributed by atoms with Gasteiger partial charge in [-0.15, -0.1) is 0 Å². The molecule has 1 aliphatic heterocycles. The summed E-state index contributed by atoms with van der Waals surface area (Å²) in [5.41, 5.74) is 1.53. The summed E-state index contributed by atoms with van der Waals surface area (Å²) in [7, 11) is 0. The van der Waals surface area contributed by atoms with E-state index in [9.17, 15) is 9.59 Å². The quantitative estimate of drug-likeness (QED) is 0.827. The van der Waals surface area contributed by atoms with E-state index in [1.54, 1.807) is 24.3 Å². The number of nitrogens with one attached hydrogen (secondary N) is 1. The summed E-state index contributed by atoms with van der Waals surface area (Å²) in [5.74, 6) is -0.946. The fraction of sp³-hybridized carbons (Fsp3) is 0.619. The molecule has 6 nitrogen and oxygen atoms in total. The molecule has 0 radical (unpaired) electrons. The minimum Gasteiger partial charge on any atom is -0.478 e. The highest BCUT2D eigenvalue weighted by Gasteiger charge is 2.34. The van der Waals surface area contributed by atoms with Crippen LogP contribution in [0.5, 0.6) is 0 Å². The fourth-order valence-corrected chi connectivity index (χ4v) is 3.98. The first-order valence-electron chi connectivity index (χ1n) is 9.58. The Morgan fingerprint density at radius 3 is 2.04 bits per heavy atom. The van der Waals surface area contributed by atoms with Gasteiger partial charge in [0, 0.05) is 38.3 Å². The molecule has 1 aliphatic rings. The van der Waals surface area contributed by atoms with Gasteiger partial charge in [-0.3, -0.25) is 4.90 Å². The molecule has 0 aromatic heterocycles. The van der Waals surface area contributed by atoms with Gasteiger partial charge in [0.05, 0.1) is 5.56 Å². The van der Waals surface area contributed by atoms with Crippen LogP contribution in [0, 0.1) is 5.41 Å². The van der Waals surface area contributed by atoms with Gasteiger partial charge in [-0.2, -0.15) is 0 Å². The van der Waals surface area contributed by atoms with Crippen molar-refractivity contribution >= 4 is 12.0 Å². The highest BCUT2D eigenvalue weighted by Crippen LogP contribution is 2.31. The monoisotopic (exact) mass is 375 g/mol. The van der Waals surface area contributed by atoms with Crippen molar-refractivity contribution in [1.82, 2.24) is 15.1 Å². The Labute approximate surface area is 162 Å². The van der Waals surface area contributed by atoms with Gasteiger partial charge in [0.25, 0.3) is 0 Å². The largest absolute Gasteiger partial charge is 0.478 e. The molecule has 1 fully saturated rings. The molecule has 0 spiro atoms. The van der Waals surface area contributed by atoms with Crippen molar-refractivity contribution in [3.8, 4) is 0 Å². The number of amides is 2. The smallest absolute Gasteiger partial charge is 0.335 e. The number of aromatic carboxylic acids is 1. The third-order valence-corrected chi connectivity index (χ3v) is 5.03. The molecule has 0 atom stereocenters. The number of piperazine rings is 1. The molecule has 2 amide bonds. The van der Waals surface area contributed by atoms with Gasteiger partial charge >= 0.3 is 12.0 Å². The van der Waals surface area contributed by atoms with Crippen LogP contribution in [0.3, 0.4) is 0 Å². The summed E-state index contributed by atoms with van der Waals surface area (Å²) in [6.45, 7) is 15.0. The molecule has 1 aromatic rings. The van der Waals surface area contributed by atoms with E-state index in [4.69, 9.17) is 5.11 Å². The maximum Gasteiger partial charge on any atom is 0.335 e. The maximum absolute atomic E-state index is 12.4. The number of carbonyl (C=O) groups excluding carboxylic acids is 1. The van der Waals surface area contributed by atoms with Crippen LogP contribution >= 0.6 is 0 Å². The van der Waals surface area contributed by atoms with E-state index in [1.807, 2.05) is 4.90 Å². The number of carboxylic acids is 1. The highest BCUT2D eigenvalue weighted by molar-refractivity contribution is 5.87. The normalized spacial score (nSPS) is 16.3. The fourth-order valence-electron chi connectivity index (χ4n) is 3.98. The molecular weight excluding hydrogens is 342 g/mol. The van der Waals surface area contributed by atoms with E-state index in [0.29, 0.717) is 6.54 Å². The molecular formula is C21H33N3O3. The number of benzene rings is 1. The Bertz CT molecular complexity index is 654. The van der Waals surface area contributed by atoms with Gasteiger partial charge in [0.2, 0.25) is 0 Å². The van der Waals surface area contributed by atoms with Crippen LogP contribution in [0.2, 0.25) is 0 Å². The van der Waals surface area contributed by atoms with Gasteiger partial charge in [0.1, 0.15) is 0 Å². The molecule has 27 heavy (non-hydrogen) atoms. The number of urea groups is 1. The molecule has 1 heterocycles. The molecule has 0 bridgehead atoms. The van der Waals surface area contributed by atoms with Gasteiger partial charge < -0.3 is 15.3 Å². The van der Waals surface area contributed by atoms with E-state index < -0.39 is 5.97 Å². The van der Waals surface area contributed by atoms with Crippen molar-refractivity contribution in [2.45, 2.75) is 53.1 Å². The SMILES string of the molecule is CC(C)(C)CC(C)(C)N1CCN(C(=O)NCc2ccc(C(=O)O)cc2)CC1. The second-order valence-corrected chi connectivity index (χ2v) is 9.18. The minimum absolute atomic E-state index is 0.0643. The van der Waals surface area contributed by atoms with Crippen molar-refractivity contribution in [3.05, 3.63) is 35.4 Å². The predicted molar refractivity (Wildman–Crippen MR) is 107 cm³/mol. The van der Waals surface area contributed by atoms with Crippen LogP contribution in [-0.2, 0) is 6.54 Å². The van der Waals surface area contributed by atoms with E-state index >= 15 is 0 Å². The molecule has 0 unspecified atom stereocenters. The number of carboxylic acid groups (broad SMARTS) is 1. The first-order valence-corrected chi connectivity index (χ1v) is 9.58. The van der Waals surface area contributed by atoms with Gasteiger partial charge in [-0.25, -0.2) is 9.59 Å². The standard InChI is InChI=1S/C21H33N3O3/c1-20(2,3)15-21(4,5)24-12-10-23(11-13-24)19(27)22-14-16-6-8-17(9-7-16)18(25)26/h6-9H,10-15H2,1-5H3,(H,22,27)(H,25,26). The third-order valence-electron chi connectivity index (χ3n) is 5.03. The predicted octanol–water partition coefficient (Wildman–Crippen LogP) is 3.43. The Morgan fingerprint density at radius 2 is 1.56 bits per heavy atom. The molecule has 0 aliphatic carbocycles. The number of nitrogens with zero attached hydrogens (tertiary/aromatic N) is 2. The second kappa shape index (κ2) is 8.30. The lowest BCUT2D eigenvalue weighted by Crippen LogP contribution is -2.57. The van der Waals surface area contributed by atoms with Crippen LogP contribution in [0.4, 0.5) is 4.79 Å². The lowest BCUT2D eigenvalue weighted by atomic mass is 9.80. The Hall–Kier alpha value is -2.08. The van der Waals surface area contributed by atoms with E-state index in [-0.39, 0.29) is 22.5 Å². The third kappa shape index (κ3) is 6.24. The lowest BCUT2D eigenvalue weighted by molar-refractivity contribution is 0.0379. The van der Waals surface area contributed by atoms with Crippen molar-refractivity contribution in [2.24, 2.45) is 5.41 Å². The summed E-state index contributed by atoms with van der Waals surface area (Å²) in [6, 6.07) is 6.51. The van der Waals surface area contributed by atoms with Crippen LogP contribution in [0.25, 0.3) is 0 Å². The summed E-state index contributed by atoms with van der Waals surface area (Å²) in [6.07, 6.45) is 1.11. The molecule has 1 aromatic carbocycles. The van der Waals surface area contributed by atoms with Crippen LogP contribution < -0.4 is 5.32 Å². The molecule has 2 rings (SSSR count). The topological polar surface area (TPSA) is 72.9 Å². The second-order valence-electron chi connectivity index (χ2n) is 9.18.